The van der Waals surface area contributed by atoms with E-state index in [-0.39, 0.29) is 0 Å². The number of benzene rings is 1. The van der Waals surface area contributed by atoms with Crippen molar-refractivity contribution >= 4 is 5.71 Å². The minimum absolute atomic E-state index is 1.19. The van der Waals surface area contributed by atoms with Crippen LogP contribution in [0.5, 0.6) is 0 Å². The van der Waals surface area contributed by atoms with E-state index in [0.29, 0.717) is 0 Å². The summed E-state index contributed by atoms with van der Waals surface area (Å²) in [6, 6.07) is 8.77. The first-order chi connectivity index (χ1) is 6.83. The van der Waals surface area contributed by atoms with Gasteiger partial charge >= 0.3 is 0 Å². The van der Waals surface area contributed by atoms with Gasteiger partial charge in [-0.05, 0) is 11.6 Å². The van der Waals surface area contributed by atoms with Crippen LogP contribution >= 0.6 is 0 Å². The van der Waals surface area contributed by atoms with Gasteiger partial charge in [-0.3, -0.25) is 0 Å². The minimum Gasteiger partial charge on any atom is -0.233 e. The second-order valence-electron chi connectivity index (χ2n) is 3.98. The van der Waals surface area contributed by atoms with Gasteiger partial charge in [0.1, 0.15) is 13.1 Å². The molecule has 14 heavy (non-hydrogen) atoms. The smallest absolute Gasteiger partial charge is 0.180 e. The molecule has 1 aromatic rings. The molecule has 0 spiro atoms. The Kier molecular flexibility index (Phi) is 2.67. The Labute approximate surface area is 86.1 Å². The Morgan fingerprint density at radius 3 is 2.86 bits per heavy atom. The van der Waals surface area contributed by atoms with Crippen LogP contribution in [0.1, 0.15) is 31.4 Å². The molecule has 0 N–H and O–H groups in total. The van der Waals surface area contributed by atoms with E-state index in [4.69, 9.17) is 0 Å². The molecule has 0 aliphatic carbocycles. The lowest BCUT2D eigenvalue weighted by Crippen LogP contribution is -2.28. The average molecular weight is 188 g/mol. The minimum atomic E-state index is 1.19. The maximum Gasteiger partial charge on any atom is 0.180 e. The van der Waals surface area contributed by atoms with Crippen molar-refractivity contribution < 1.29 is 4.58 Å². The molecule has 1 heterocycles. The molecule has 0 amide bonds. The lowest BCUT2D eigenvalue weighted by atomic mass is 9.97. The van der Waals surface area contributed by atoms with E-state index in [1.807, 2.05) is 0 Å². The molecule has 0 saturated heterocycles. The second kappa shape index (κ2) is 3.95. The number of nitrogens with zero attached hydrogens (tertiary/aromatic N) is 1. The maximum atomic E-state index is 2.50. The van der Waals surface area contributed by atoms with Crippen LogP contribution in [0.3, 0.4) is 0 Å². The molecule has 1 nitrogen and oxygen atoms in total. The molecule has 0 atom stereocenters. The van der Waals surface area contributed by atoms with Crippen molar-refractivity contribution in [2.75, 3.05) is 13.1 Å². The molecule has 74 valence electrons. The van der Waals surface area contributed by atoms with Crippen molar-refractivity contribution in [3.8, 4) is 0 Å². The zero-order valence-corrected chi connectivity index (χ0v) is 9.09. The van der Waals surface area contributed by atoms with Crippen LogP contribution in [-0.2, 0) is 6.42 Å². The number of rotatable bonds is 2. The summed E-state index contributed by atoms with van der Waals surface area (Å²) in [4.78, 5) is 0. The van der Waals surface area contributed by atoms with Crippen molar-refractivity contribution in [3.63, 3.8) is 0 Å². The Balaban J connectivity index is 2.40. The standard InChI is InChI=1S/C13H18N/c1-3-9-14-10-8-12-6-4-5-7-13(12)11(14)2/h4-7H,3,8-10H2,1-2H3/q+1. The lowest BCUT2D eigenvalue weighted by molar-refractivity contribution is -0.529. The quantitative estimate of drug-likeness (QED) is 0.627. The summed E-state index contributed by atoms with van der Waals surface area (Å²) in [7, 11) is 0. The van der Waals surface area contributed by atoms with Crippen LogP contribution in [0.25, 0.3) is 0 Å². The number of hydrogen-bond donors (Lipinski definition) is 0. The molecule has 0 unspecified atom stereocenters. The van der Waals surface area contributed by atoms with Gasteiger partial charge in [0.05, 0.1) is 0 Å². The maximum absolute atomic E-state index is 2.50. The van der Waals surface area contributed by atoms with Gasteiger partial charge < -0.3 is 0 Å². The molecule has 0 fully saturated rings. The molecule has 1 aliphatic heterocycles. The van der Waals surface area contributed by atoms with Gasteiger partial charge in [-0.2, -0.15) is 0 Å². The van der Waals surface area contributed by atoms with Crippen LogP contribution in [0.15, 0.2) is 24.3 Å². The predicted molar refractivity (Wildman–Crippen MR) is 60.2 cm³/mol. The van der Waals surface area contributed by atoms with Crippen molar-refractivity contribution in [1.29, 1.82) is 0 Å². The normalized spacial score (nSPS) is 15.6. The van der Waals surface area contributed by atoms with Crippen LogP contribution < -0.4 is 0 Å². The van der Waals surface area contributed by atoms with Crippen LogP contribution in [-0.4, -0.2) is 23.4 Å². The van der Waals surface area contributed by atoms with Gasteiger partial charge in [-0.1, -0.05) is 25.1 Å². The van der Waals surface area contributed by atoms with Crippen molar-refractivity contribution in [3.05, 3.63) is 35.4 Å². The van der Waals surface area contributed by atoms with E-state index in [1.54, 1.807) is 0 Å². The third kappa shape index (κ3) is 1.59. The molecule has 0 radical (unpaired) electrons. The van der Waals surface area contributed by atoms with E-state index in [2.05, 4.69) is 42.7 Å². The first kappa shape index (κ1) is 9.45. The van der Waals surface area contributed by atoms with Crippen molar-refractivity contribution in [2.45, 2.75) is 26.7 Å². The van der Waals surface area contributed by atoms with Gasteiger partial charge in [-0.25, -0.2) is 4.58 Å². The molecule has 0 bridgehead atoms. The molecule has 2 rings (SSSR count). The van der Waals surface area contributed by atoms with E-state index in [9.17, 15) is 0 Å². The average Bonchev–Trinajstić information content (AvgIpc) is 2.23. The third-order valence-corrected chi connectivity index (χ3v) is 3.03. The zero-order valence-electron chi connectivity index (χ0n) is 9.09. The Bertz CT molecular complexity index is 363. The largest absolute Gasteiger partial charge is 0.233 e. The van der Waals surface area contributed by atoms with E-state index in [0.717, 1.165) is 0 Å². The highest BCUT2D eigenvalue weighted by molar-refractivity contribution is 5.96. The topological polar surface area (TPSA) is 3.01 Å². The molecule has 0 aromatic heterocycles. The SMILES string of the molecule is CCC[N+]1=C(C)c2ccccc2CC1. The highest BCUT2D eigenvalue weighted by atomic mass is 15.0. The molecule has 1 aliphatic rings. The second-order valence-corrected chi connectivity index (χ2v) is 3.98. The summed E-state index contributed by atoms with van der Waals surface area (Å²) < 4.78 is 2.50. The van der Waals surface area contributed by atoms with Gasteiger partial charge in [-0.15, -0.1) is 0 Å². The Hall–Kier alpha value is -1.11. The molecular weight excluding hydrogens is 170 g/mol. The summed E-state index contributed by atoms with van der Waals surface area (Å²) in [6.07, 6.45) is 2.44. The zero-order chi connectivity index (χ0) is 9.97. The summed E-state index contributed by atoms with van der Waals surface area (Å²) in [6.45, 7) is 6.87. The highest BCUT2D eigenvalue weighted by Crippen LogP contribution is 2.15. The summed E-state index contributed by atoms with van der Waals surface area (Å²) in [5.74, 6) is 0. The number of fused-ring (bicyclic) bond motifs is 1. The van der Waals surface area contributed by atoms with Gasteiger partial charge in [0.2, 0.25) is 0 Å². The van der Waals surface area contributed by atoms with Crippen molar-refractivity contribution in [2.24, 2.45) is 0 Å². The van der Waals surface area contributed by atoms with Gasteiger partial charge in [0.15, 0.2) is 5.71 Å². The van der Waals surface area contributed by atoms with Gasteiger partial charge in [0, 0.05) is 25.3 Å². The van der Waals surface area contributed by atoms with Crippen LogP contribution in [0, 0.1) is 0 Å². The summed E-state index contributed by atoms with van der Waals surface area (Å²) in [5, 5.41) is 0. The first-order valence-electron chi connectivity index (χ1n) is 5.49. The molecule has 1 aromatic carbocycles. The fourth-order valence-corrected chi connectivity index (χ4v) is 2.23. The fraction of sp³-hybridized carbons (Fsp3) is 0.462. The predicted octanol–water partition coefficient (Wildman–Crippen LogP) is 2.47. The first-order valence-corrected chi connectivity index (χ1v) is 5.49. The summed E-state index contributed by atoms with van der Waals surface area (Å²) in [5.41, 5.74) is 4.42. The number of hydrogen-bond acceptors (Lipinski definition) is 0. The van der Waals surface area contributed by atoms with Gasteiger partial charge in [0.25, 0.3) is 0 Å². The Morgan fingerprint density at radius 1 is 1.29 bits per heavy atom. The van der Waals surface area contributed by atoms with E-state index >= 15 is 0 Å². The Morgan fingerprint density at radius 2 is 2.07 bits per heavy atom. The van der Waals surface area contributed by atoms with Crippen LogP contribution in [0.2, 0.25) is 0 Å². The lowest BCUT2D eigenvalue weighted by Gasteiger charge is -2.15. The monoisotopic (exact) mass is 188 g/mol. The van der Waals surface area contributed by atoms with E-state index in [1.165, 1.54) is 42.8 Å². The molecular formula is C13H18N+. The van der Waals surface area contributed by atoms with E-state index < -0.39 is 0 Å². The molecule has 1 heteroatoms. The van der Waals surface area contributed by atoms with Crippen molar-refractivity contribution in [1.82, 2.24) is 0 Å². The fourth-order valence-electron chi connectivity index (χ4n) is 2.23. The summed E-state index contributed by atoms with van der Waals surface area (Å²) >= 11 is 0. The molecule has 0 saturated carbocycles. The third-order valence-electron chi connectivity index (χ3n) is 3.03. The van der Waals surface area contributed by atoms with Crippen LogP contribution in [0.4, 0.5) is 0 Å². The highest BCUT2D eigenvalue weighted by Gasteiger charge is 2.20.